The van der Waals surface area contributed by atoms with Crippen molar-refractivity contribution in [2.75, 3.05) is 31.9 Å². The van der Waals surface area contributed by atoms with Crippen LogP contribution in [0.1, 0.15) is 5.56 Å². The SMILES string of the molecule is Nc1ccc(Cl)c(CN2CCNCC2)c1. The zero-order valence-corrected chi connectivity index (χ0v) is 9.43. The Bertz CT molecular complexity index is 335. The number of halogens is 1. The summed E-state index contributed by atoms with van der Waals surface area (Å²) in [6.07, 6.45) is 0. The van der Waals surface area contributed by atoms with Gasteiger partial charge in [-0.3, -0.25) is 4.90 Å². The van der Waals surface area contributed by atoms with Gasteiger partial charge in [-0.25, -0.2) is 0 Å². The second-order valence-corrected chi connectivity index (χ2v) is 4.28. The van der Waals surface area contributed by atoms with E-state index >= 15 is 0 Å². The fourth-order valence-corrected chi connectivity index (χ4v) is 2.00. The van der Waals surface area contributed by atoms with Crippen LogP contribution in [-0.4, -0.2) is 31.1 Å². The predicted molar refractivity (Wildman–Crippen MR) is 64.0 cm³/mol. The molecule has 15 heavy (non-hydrogen) atoms. The van der Waals surface area contributed by atoms with E-state index in [1.807, 2.05) is 18.2 Å². The van der Waals surface area contributed by atoms with Crippen LogP contribution >= 0.6 is 11.6 Å². The quantitative estimate of drug-likeness (QED) is 0.747. The van der Waals surface area contributed by atoms with E-state index in [2.05, 4.69) is 10.2 Å². The Morgan fingerprint density at radius 1 is 1.33 bits per heavy atom. The Hall–Kier alpha value is -0.770. The van der Waals surface area contributed by atoms with Gasteiger partial charge in [-0.05, 0) is 23.8 Å². The topological polar surface area (TPSA) is 41.3 Å². The van der Waals surface area contributed by atoms with Crippen molar-refractivity contribution in [3.8, 4) is 0 Å². The molecule has 4 heteroatoms. The molecule has 1 saturated heterocycles. The molecule has 82 valence electrons. The third-order valence-electron chi connectivity index (χ3n) is 2.67. The van der Waals surface area contributed by atoms with Gasteiger partial charge in [-0.2, -0.15) is 0 Å². The van der Waals surface area contributed by atoms with E-state index in [1.54, 1.807) is 0 Å². The van der Waals surface area contributed by atoms with E-state index in [4.69, 9.17) is 17.3 Å². The first-order valence-electron chi connectivity index (χ1n) is 5.23. The average molecular weight is 226 g/mol. The monoisotopic (exact) mass is 225 g/mol. The zero-order valence-electron chi connectivity index (χ0n) is 8.67. The normalized spacial score (nSPS) is 17.9. The van der Waals surface area contributed by atoms with Gasteiger partial charge in [0, 0.05) is 43.4 Å². The minimum absolute atomic E-state index is 0.782. The van der Waals surface area contributed by atoms with Crippen LogP contribution in [0.25, 0.3) is 0 Å². The molecule has 0 bridgehead atoms. The van der Waals surface area contributed by atoms with E-state index in [0.717, 1.165) is 49.0 Å². The van der Waals surface area contributed by atoms with Crippen molar-refractivity contribution < 1.29 is 0 Å². The Morgan fingerprint density at radius 3 is 2.80 bits per heavy atom. The molecule has 0 atom stereocenters. The first-order valence-corrected chi connectivity index (χ1v) is 5.60. The number of hydrogen-bond acceptors (Lipinski definition) is 3. The van der Waals surface area contributed by atoms with Crippen molar-refractivity contribution >= 4 is 17.3 Å². The highest BCUT2D eigenvalue weighted by molar-refractivity contribution is 6.31. The molecule has 0 aliphatic carbocycles. The molecule has 1 heterocycles. The fourth-order valence-electron chi connectivity index (χ4n) is 1.83. The molecule has 1 aliphatic heterocycles. The van der Waals surface area contributed by atoms with Crippen molar-refractivity contribution in [2.45, 2.75) is 6.54 Å². The molecule has 0 saturated carbocycles. The van der Waals surface area contributed by atoms with Gasteiger partial charge in [0.15, 0.2) is 0 Å². The summed E-state index contributed by atoms with van der Waals surface area (Å²) in [6, 6.07) is 5.67. The number of rotatable bonds is 2. The predicted octanol–water partition coefficient (Wildman–Crippen LogP) is 1.33. The van der Waals surface area contributed by atoms with Crippen LogP contribution in [0, 0.1) is 0 Å². The molecule has 0 radical (unpaired) electrons. The van der Waals surface area contributed by atoms with Crippen LogP contribution in [0.5, 0.6) is 0 Å². The Labute approximate surface area is 95.2 Å². The third kappa shape index (κ3) is 2.84. The molecule has 3 N–H and O–H groups in total. The number of anilines is 1. The number of nitrogens with two attached hydrogens (primary N) is 1. The number of piperazine rings is 1. The molecule has 1 fully saturated rings. The molecule has 0 amide bonds. The molecule has 1 aromatic rings. The number of benzene rings is 1. The molecular weight excluding hydrogens is 210 g/mol. The molecule has 1 aromatic carbocycles. The van der Waals surface area contributed by atoms with Crippen molar-refractivity contribution in [1.82, 2.24) is 10.2 Å². The van der Waals surface area contributed by atoms with Gasteiger partial charge >= 0.3 is 0 Å². The van der Waals surface area contributed by atoms with Crippen molar-refractivity contribution in [1.29, 1.82) is 0 Å². The lowest BCUT2D eigenvalue weighted by Gasteiger charge is -2.27. The Morgan fingerprint density at radius 2 is 2.07 bits per heavy atom. The second-order valence-electron chi connectivity index (χ2n) is 3.88. The largest absolute Gasteiger partial charge is 0.399 e. The smallest absolute Gasteiger partial charge is 0.0452 e. The van der Waals surface area contributed by atoms with Gasteiger partial charge in [-0.1, -0.05) is 11.6 Å². The lowest BCUT2D eigenvalue weighted by Crippen LogP contribution is -2.42. The number of nitrogens with zero attached hydrogens (tertiary/aromatic N) is 1. The summed E-state index contributed by atoms with van der Waals surface area (Å²) in [6.45, 7) is 5.15. The van der Waals surface area contributed by atoms with Crippen LogP contribution in [0.2, 0.25) is 5.02 Å². The summed E-state index contributed by atoms with van der Waals surface area (Å²) in [5, 5.41) is 4.14. The maximum absolute atomic E-state index is 6.12. The van der Waals surface area contributed by atoms with Crippen LogP contribution in [-0.2, 0) is 6.54 Å². The second kappa shape index (κ2) is 4.84. The van der Waals surface area contributed by atoms with Crippen LogP contribution in [0.3, 0.4) is 0 Å². The van der Waals surface area contributed by atoms with Gasteiger partial charge in [0.25, 0.3) is 0 Å². The van der Waals surface area contributed by atoms with Crippen molar-refractivity contribution in [3.05, 3.63) is 28.8 Å². The van der Waals surface area contributed by atoms with E-state index in [0.29, 0.717) is 0 Å². The van der Waals surface area contributed by atoms with Crippen LogP contribution in [0.4, 0.5) is 5.69 Å². The van der Waals surface area contributed by atoms with E-state index < -0.39 is 0 Å². The number of hydrogen-bond donors (Lipinski definition) is 2. The molecule has 0 spiro atoms. The summed E-state index contributed by atoms with van der Waals surface area (Å²) in [5.74, 6) is 0. The molecule has 3 nitrogen and oxygen atoms in total. The van der Waals surface area contributed by atoms with Crippen molar-refractivity contribution in [2.24, 2.45) is 0 Å². The van der Waals surface area contributed by atoms with Crippen molar-refractivity contribution in [3.63, 3.8) is 0 Å². The van der Waals surface area contributed by atoms with Gasteiger partial charge in [0.2, 0.25) is 0 Å². The Balaban J connectivity index is 2.05. The van der Waals surface area contributed by atoms with Gasteiger partial charge in [0.05, 0.1) is 0 Å². The fraction of sp³-hybridized carbons (Fsp3) is 0.455. The summed E-state index contributed by atoms with van der Waals surface area (Å²) in [7, 11) is 0. The highest BCUT2D eigenvalue weighted by atomic mass is 35.5. The van der Waals surface area contributed by atoms with Crippen LogP contribution in [0.15, 0.2) is 18.2 Å². The van der Waals surface area contributed by atoms with E-state index in [1.165, 1.54) is 0 Å². The minimum Gasteiger partial charge on any atom is -0.399 e. The number of nitrogens with one attached hydrogen (secondary N) is 1. The maximum atomic E-state index is 6.12. The third-order valence-corrected chi connectivity index (χ3v) is 3.04. The molecular formula is C11H16ClN3. The molecule has 0 unspecified atom stereocenters. The lowest BCUT2D eigenvalue weighted by molar-refractivity contribution is 0.233. The minimum atomic E-state index is 0.782. The first kappa shape index (κ1) is 10.7. The van der Waals surface area contributed by atoms with Crippen LogP contribution < -0.4 is 11.1 Å². The van der Waals surface area contributed by atoms with Gasteiger partial charge < -0.3 is 11.1 Å². The zero-order chi connectivity index (χ0) is 10.7. The number of nitrogen functional groups attached to an aromatic ring is 1. The molecule has 2 rings (SSSR count). The summed E-state index contributed by atoms with van der Waals surface area (Å²) in [4.78, 5) is 2.39. The van der Waals surface area contributed by atoms with E-state index in [9.17, 15) is 0 Å². The Kier molecular flexibility index (Phi) is 3.46. The average Bonchev–Trinajstić information content (AvgIpc) is 2.25. The summed E-state index contributed by atoms with van der Waals surface area (Å²) < 4.78 is 0. The maximum Gasteiger partial charge on any atom is 0.0452 e. The lowest BCUT2D eigenvalue weighted by atomic mass is 10.2. The highest BCUT2D eigenvalue weighted by Crippen LogP contribution is 2.20. The molecule has 0 aromatic heterocycles. The van der Waals surface area contributed by atoms with E-state index in [-0.39, 0.29) is 0 Å². The van der Waals surface area contributed by atoms with Gasteiger partial charge in [0.1, 0.15) is 0 Å². The standard InChI is InChI=1S/C11H16ClN3/c12-11-2-1-10(13)7-9(11)8-15-5-3-14-4-6-15/h1-2,7,14H,3-6,8,13H2. The van der Waals surface area contributed by atoms with Gasteiger partial charge in [-0.15, -0.1) is 0 Å². The summed E-state index contributed by atoms with van der Waals surface area (Å²) >= 11 is 6.12. The highest BCUT2D eigenvalue weighted by Gasteiger charge is 2.11. The summed E-state index contributed by atoms with van der Waals surface area (Å²) in [5.41, 5.74) is 7.65. The first-order chi connectivity index (χ1) is 7.25. The molecule has 1 aliphatic rings.